The molecule has 0 bridgehead atoms. The molecule has 0 spiro atoms. The average molecular weight is 320 g/mol. The fraction of sp³-hybridized carbons (Fsp3) is 0.125. The van der Waals surface area contributed by atoms with Crippen LogP contribution in [0.1, 0.15) is 17.3 Å². The van der Waals surface area contributed by atoms with Crippen molar-refractivity contribution < 1.29 is 19.1 Å². The van der Waals surface area contributed by atoms with Crippen molar-refractivity contribution in [2.75, 3.05) is 12.4 Å². The summed E-state index contributed by atoms with van der Waals surface area (Å²) in [6, 6.07) is 11.2. The highest BCUT2D eigenvalue weighted by Gasteiger charge is 2.11. The van der Waals surface area contributed by atoms with Crippen LogP contribution >= 0.6 is 11.6 Å². The summed E-state index contributed by atoms with van der Waals surface area (Å²) in [5.74, 6) is 0.148. The normalized spacial score (nSPS) is 9.95. The third-order valence-corrected chi connectivity index (χ3v) is 3.02. The van der Waals surface area contributed by atoms with Gasteiger partial charge in [-0.05, 0) is 42.5 Å². The number of anilines is 1. The first kappa shape index (κ1) is 15.9. The molecule has 2 aromatic carbocycles. The van der Waals surface area contributed by atoms with Gasteiger partial charge in [0.05, 0.1) is 12.8 Å². The molecule has 0 radical (unpaired) electrons. The molecule has 5 nitrogen and oxygen atoms in total. The molecule has 0 heterocycles. The molecule has 1 amide bonds. The Morgan fingerprint density at radius 2 is 1.77 bits per heavy atom. The molecule has 0 aliphatic rings. The maximum absolute atomic E-state index is 12.2. The minimum Gasteiger partial charge on any atom is -0.495 e. The fourth-order valence-corrected chi connectivity index (χ4v) is 1.98. The first-order chi connectivity index (χ1) is 10.5. The molecule has 0 unspecified atom stereocenters. The molecule has 2 aromatic rings. The number of ether oxygens (including phenoxy) is 2. The number of hydrogen-bond acceptors (Lipinski definition) is 4. The first-order valence-electron chi connectivity index (χ1n) is 6.43. The van der Waals surface area contributed by atoms with Gasteiger partial charge in [-0.15, -0.1) is 0 Å². The van der Waals surface area contributed by atoms with E-state index in [1.807, 2.05) is 0 Å². The van der Waals surface area contributed by atoms with Crippen molar-refractivity contribution in [2.45, 2.75) is 6.92 Å². The van der Waals surface area contributed by atoms with Gasteiger partial charge in [-0.25, -0.2) is 0 Å². The van der Waals surface area contributed by atoms with Crippen molar-refractivity contribution in [1.29, 1.82) is 0 Å². The van der Waals surface area contributed by atoms with E-state index in [1.165, 1.54) is 14.0 Å². The zero-order valence-corrected chi connectivity index (χ0v) is 12.8. The fourth-order valence-electron chi connectivity index (χ4n) is 1.81. The first-order valence-corrected chi connectivity index (χ1v) is 6.81. The predicted octanol–water partition coefficient (Wildman–Crippen LogP) is 3.53. The Bertz CT molecular complexity index is 698. The summed E-state index contributed by atoms with van der Waals surface area (Å²) in [5, 5.41) is 3.21. The largest absolute Gasteiger partial charge is 0.495 e. The topological polar surface area (TPSA) is 64.6 Å². The van der Waals surface area contributed by atoms with Gasteiger partial charge >= 0.3 is 5.97 Å². The Balaban J connectivity index is 2.15. The molecule has 22 heavy (non-hydrogen) atoms. The second kappa shape index (κ2) is 6.95. The van der Waals surface area contributed by atoms with Crippen LogP contribution < -0.4 is 14.8 Å². The molecule has 114 valence electrons. The molecule has 6 heteroatoms. The number of nitrogens with one attached hydrogen (secondary N) is 1. The highest BCUT2D eigenvalue weighted by atomic mass is 35.5. The predicted molar refractivity (Wildman–Crippen MR) is 83.7 cm³/mol. The monoisotopic (exact) mass is 319 g/mol. The summed E-state index contributed by atoms with van der Waals surface area (Å²) < 4.78 is 10.1. The molecule has 0 aliphatic carbocycles. The number of methoxy groups -OCH3 is 1. The van der Waals surface area contributed by atoms with Crippen LogP contribution in [-0.4, -0.2) is 19.0 Å². The Morgan fingerprint density at radius 3 is 2.36 bits per heavy atom. The average Bonchev–Trinajstić information content (AvgIpc) is 2.47. The Hall–Kier alpha value is -2.53. The summed E-state index contributed by atoms with van der Waals surface area (Å²) in [7, 11) is 1.51. The van der Waals surface area contributed by atoms with Gasteiger partial charge in [-0.3, -0.25) is 9.59 Å². The van der Waals surface area contributed by atoms with Gasteiger partial charge in [-0.2, -0.15) is 0 Å². The maximum Gasteiger partial charge on any atom is 0.308 e. The van der Waals surface area contributed by atoms with Gasteiger partial charge in [-0.1, -0.05) is 11.6 Å². The highest BCUT2D eigenvalue weighted by Crippen LogP contribution is 2.28. The van der Waals surface area contributed by atoms with Crippen molar-refractivity contribution in [3.8, 4) is 11.5 Å². The summed E-state index contributed by atoms with van der Waals surface area (Å²) in [5.41, 5.74) is 0.891. The number of esters is 1. The van der Waals surface area contributed by atoms with E-state index < -0.39 is 5.97 Å². The van der Waals surface area contributed by atoms with Crippen molar-refractivity contribution in [3.63, 3.8) is 0 Å². The van der Waals surface area contributed by atoms with E-state index in [4.69, 9.17) is 21.1 Å². The molecule has 1 N–H and O–H groups in total. The summed E-state index contributed by atoms with van der Waals surface area (Å²) in [6.07, 6.45) is 0. The summed E-state index contributed by atoms with van der Waals surface area (Å²) in [4.78, 5) is 23.1. The molecule has 0 saturated carbocycles. The standard InChI is InChI=1S/C16H14ClNO4/c1-10(19)22-13-6-3-11(4-7-13)16(20)18-14-9-12(17)5-8-15(14)21-2/h3-9H,1-2H3,(H,18,20). The molecule has 0 aromatic heterocycles. The molecule has 0 fully saturated rings. The molecule has 0 aliphatic heterocycles. The minimum atomic E-state index is -0.416. The number of amides is 1. The third-order valence-electron chi connectivity index (χ3n) is 2.79. The SMILES string of the molecule is COc1ccc(Cl)cc1NC(=O)c1ccc(OC(C)=O)cc1. The van der Waals surface area contributed by atoms with Crippen LogP contribution in [0.5, 0.6) is 11.5 Å². The van der Waals surface area contributed by atoms with Crippen LogP contribution in [-0.2, 0) is 4.79 Å². The Labute approximate surface area is 132 Å². The number of halogens is 1. The van der Waals surface area contributed by atoms with Crippen LogP contribution in [0.25, 0.3) is 0 Å². The van der Waals surface area contributed by atoms with E-state index in [2.05, 4.69) is 5.32 Å². The lowest BCUT2D eigenvalue weighted by Crippen LogP contribution is -2.12. The number of hydrogen-bond donors (Lipinski definition) is 1. The van der Waals surface area contributed by atoms with Crippen LogP contribution in [0, 0.1) is 0 Å². The van der Waals surface area contributed by atoms with E-state index in [1.54, 1.807) is 42.5 Å². The quantitative estimate of drug-likeness (QED) is 0.691. The minimum absolute atomic E-state index is 0.324. The van der Waals surface area contributed by atoms with Gasteiger partial charge in [0.15, 0.2) is 0 Å². The van der Waals surface area contributed by atoms with Gasteiger partial charge in [0.2, 0.25) is 0 Å². The second-order valence-corrected chi connectivity index (χ2v) is 4.85. The molecule has 2 rings (SSSR count). The van der Waals surface area contributed by atoms with Gasteiger partial charge in [0.1, 0.15) is 11.5 Å². The lowest BCUT2D eigenvalue weighted by atomic mass is 10.2. The molecular formula is C16H14ClNO4. The van der Waals surface area contributed by atoms with Crippen molar-refractivity contribution >= 4 is 29.2 Å². The summed E-state index contributed by atoms with van der Waals surface area (Å²) >= 11 is 5.92. The van der Waals surface area contributed by atoms with Gasteiger partial charge < -0.3 is 14.8 Å². The molecule has 0 saturated heterocycles. The molecule has 0 atom stereocenters. The zero-order chi connectivity index (χ0) is 16.1. The molecular weight excluding hydrogens is 306 g/mol. The lowest BCUT2D eigenvalue weighted by molar-refractivity contribution is -0.131. The number of carbonyl (C=O) groups is 2. The van der Waals surface area contributed by atoms with Crippen LogP contribution in [0.2, 0.25) is 5.02 Å². The van der Waals surface area contributed by atoms with Crippen molar-refractivity contribution in [1.82, 2.24) is 0 Å². The van der Waals surface area contributed by atoms with Crippen LogP contribution in [0.4, 0.5) is 5.69 Å². The van der Waals surface area contributed by atoms with Crippen LogP contribution in [0.3, 0.4) is 0 Å². The van der Waals surface area contributed by atoms with E-state index in [9.17, 15) is 9.59 Å². The number of benzene rings is 2. The van der Waals surface area contributed by atoms with Gasteiger partial charge in [0.25, 0.3) is 5.91 Å². The third kappa shape index (κ3) is 3.99. The summed E-state index contributed by atoms with van der Waals surface area (Å²) in [6.45, 7) is 1.31. The highest BCUT2D eigenvalue weighted by molar-refractivity contribution is 6.31. The number of carbonyl (C=O) groups excluding carboxylic acids is 2. The maximum atomic E-state index is 12.2. The Morgan fingerprint density at radius 1 is 1.09 bits per heavy atom. The van der Waals surface area contributed by atoms with Crippen molar-refractivity contribution in [2.24, 2.45) is 0 Å². The lowest BCUT2D eigenvalue weighted by Gasteiger charge is -2.10. The smallest absolute Gasteiger partial charge is 0.308 e. The van der Waals surface area contributed by atoms with E-state index >= 15 is 0 Å². The van der Waals surface area contributed by atoms with Crippen LogP contribution in [0.15, 0.2) is 42.5 Å². The van der Waals surface area contributed by atoms with E-state index in [-0.39, 0.29) is 5.91 Å². The van der Waals surface area contributed by atoms with E-state index in [0.717, 1.165) is 0 Å². The Kier molecular flexibility index (Phi) is 5.01. The van der Waals surface area contributed by atoms with Gasteiger partial charge in [0, 0.05) is 17.5 Å². The number of rotatable bonds is 4. The zero-order valence-electron chi connectivity index (χ0n) is 12.1. The van der Waals surface area contributed by atoms with Crippen molar-refractivity contribution in [3.05, 3.63) is 53.1 Å². The second-order valence-electron chi connectivity index (χ2n) is 4.42. The van der Waals surface area contributed by atoms with E-state index in [0.29, 0.717) is 27.8 Å².